The van der Waals surface area contributed by atoms with Crippen molar-refractivity contribution in [3.8, 4) is 0 Å². The molecule has 0 atom stereocenters. The molecule has 0 aliphatic rings. The highest BCUT2D eigenvalue weighted by Gasteiger charge is 2.06. The molecular weight excluding hydrogens is 224 g/mol. The summed E-state index contributed by atoms with van der Waals surface area (Å²) in [6.07, 6.45) is 1.04. The van der Waals surface area contributed by atoms with Crippen LogP contribution in [-0.2, 0) is 11.3 Å². The molecule has 102 valence electrons. The Morgan fingerprint density at radius 2 is 1.78 bits per heavy atom. The van der Waals surface area contributed by atoms with Gasteiger partial charge in [-0.2, -0.15) is 0 Å². The van der Waals surface area contributed by atoms with Gasteiger partial charge in [-0.25, -0.2) is 0 Å². The van der Waals surface area contributed by atoms with Crippen LogP contribution in [0.15, 0.2) is 18.2 Å². The zero-order valence-corrected chi connectivity index (χ0v) is 11.9. The van der Waals surface area contributed by atoms with E-state index in [-0.39, 0.29) is 0 Å². The second-order valence-corrected chi connectivity index (χ2v) is 4.91. The third-order valence-electron chi connectivity index (χ3n) is 2.98. The number of rotatable bonds is 8. The van der Waals surface area contributed by atoms with E-state index in [1.165, 1.54) is 16.7 Å². The van der Waals surface area contributed by atoms with Crippen LogP contribution < -0.4 is 5.73 Å². The van der Waals surface area contributed by atoms with Crippen LogP contribution in [0.2, 0.25) is 0 Å². The van der Waals surface area contributed by atoms with Gasteiger partial charge >= 0.3 is 0 Å². The summed E-state index contributed by atoms with van der Waals surface area (Å²) in [5, 5.41) is 0. The number of hydrogen-bond donors (Lipinski definition) is 1. The van der Waals surface area contributed by atoms with E-state index in [1.807, 2.05) is 0 Å². The Morgan fingerprint density at radius 1 is 1.11 bits per heavy atom. The van der Waals surface area contributed by atoms with Gasteiger partial charge in [0, 0.05) is 20.2 Å². The predicted molar refractivity (Wildman–Crippen MR) is 76.7 cm³/mol. The lowest BCUT2D eigenvalue weighted by molar-refractivity contribution is 0.143. The largest absolute Gasteiger partial charge is 0.383 e. The average molecular weight is 250 g/mol. The number of methoxy groups -OCH3 is 1. The second-order valence-electron chi connectivity index (χ2n) is 4.91. The van der Waals surface area contributed by atoms with Crippen LogP contribution in [0.4, 0.5) is 0 Å². The van der Waals surface area contributed by atoms with Crippen LogP contribution in [0.1, 0.15) is 23.1 Å². The molecule has 0 aromatic heterocycles. The molecule has 0 radical (unpaired) electrons. The summed E-state index contributed by atoms with van der Waals surface area (Å²) in [5.74, 6) is 0. The van der Waals surface area contributed by atoms with Crippen molar-refractivity contribution in [3.63, 3.8) is 0 Å². The van der Waals surface area contributed by atoms with Gasteiger partial charge in [-0.1, -0.05) is 29.3 Å². The monoisotopic (exact) mass is 250 g/mol. The minimum absolute atomic E-state index is 0.746. The molecule has 1 aromatic carbocycles. The van der Waals surface area contributed by atoms with Crippen molar-refractivity contribution >= 4 is 0 Å². The number of nitrogens with zero attached hydrogens (tertiary/aromatic N) is 1. The first kappa shape index (κ1) is 15.2. The molecule has 0 bridgehead atoms. The van der Waals surface area contributed by atoms with Crippen molar-refractivity contribution < 1.29 is 4.74 Å². The quantitative estimate of drug-likeness (QED) is 0.768. The van der Waals surface area contributed by atoms with Gasteiger partial charge in [-0.15, -0.1) is 0 Å². The number of hydrogen-bond acceptors (Lipinski definition) is 3. The van der Waals surface area contributed by atoms with Gasteiger partial charge in [-0.3, -0.25) is 4.90 Å². The molecule has 1 rings (SSSR count). The van der Waals surface area contributed by atoms with Crippen molar-refractivity contribution in [1.82, 2.24) is 4.90 Å². The van der Waals surface area contributed by atoms with Gasteiger partial charge in [0.05, 0.1) is 6.61 Å². The maximum atomic E-state index is 5.59. The fourth-order valence-electron chi connectivity index (χ4n) is 2.22. The minimum Gasteiger partial charge on any atom is -0.383 e. The number of ether oxygens (including phenoxy) is 1. The lowest BCUT2D eigenvalue weighted by atomic mass is 10.1. The molecule has 0 saturated carbocycles. The Hall–Kier alpha value is -0.900. The van der Waals surface area contributed by atoms with Crippen LogP contribution in [0.3, 0.4) is 0 Å². The molecule has 1 aromatic rings. The zero-order valence-electron chi connectivity index (χ0n) is 11.9. The molecule has 2 N–H and O–H groups in total. The summed E-state index contributed by atoms with van der Waals surface area (Å²) in [6.45, 7) is 8.79. The Bertz CT molecular complexity index is 324. The van der Waals surface area contributed by atoms with Crippen LogP contribution in [0.25, 0.3) is 0 Å². The van der Waals surface area contributed by atoms with Gasteiger partial charge in [0.1, 0.15) is 0 Å². The first-order chi connectivity index (χ1) is 8.65. The van der Waals surface area contributed by atoms with Gasteiger partial charge in [-0.05, 0) is 38.9 Å². The second kappa shape index (κ2) is 8.25. The predicted octanol–water partition coefficient (Wildman–Crippen LogP) is 2.10. The summed E-state index contributed by atoms with van der Waals surface area (Å²) in [4.78, 5) is 2.41. The molecule has 0 amide bonds. The molecule has 0 unspecified atom stereocenters. The van der Waals surface area contributed by atoms with E-state index in [2.05, 4.69) is 36.9 Å². The molecule has 0 aliphatic carbocycles. The van der Waals surface area contributed by atoms with E-state index in [4.69, 9.17) is 10.5 Å². The standard InChI is InChI=1S/C15H26N2O/c1-13-9-14(2)11-15(10-13)12-17(6-4-5-16)7-8-18-3/h9-11H,4-8,12,16H2,1-3H3. The van der Waals surface area contributed by atoms with Crippen molar-refractivity contribution in [2.24, 2.45) is 5.73 Å². The SMILES string of the molecule is COCCN(CCCN)Cc1cc(C)cc(C)c1. The maximum Gasteiger partial charge on any atom is 0.0589 e. The first-order valence-electron chi connectivity index (χ1n) is 6.64. The maximum absolute atomic E-state index is 5.59. The van der Waals surface area contributed by atoms with Gasteiger partial charge in [0.15, 0.2) is 0 Å². The van der Waals surface area contributed by atoms with Crippen LogP contribution in [0.5, 0.6) is 0 Å². The topological polar surface area (TPSA) is 38.5 Å². The van der Waals surface area contributed by atoms with Crippen LogP contribution >= 0.6 is 0 Å². The zero-order chi connectivity index (χ0) is 13.4. The Labute approximate surface area is 111 Å². The minimum atomic E-state index is 0.746. The van der Waals surface area contributed by atoms with E-state index < -0.39 is 0 Å². The van der Waals surface area contributed by atoms with E-state index in [9.17, 15) is 0 Å². The summed E-state index contributed by atoms with van der Waals surface area (Å²) < 4.78 is 5.16. The number of aryl methyl sites for hydroxylation is 2. The van der Waals surface area contributed by atoms with Crippen LogP contribution in [-0.4, -0.2) is 38.3 Å². The fourth-order valence-corrected chi connectivity index (χ4v) is 2.22. The van der Waals surface area contributed by atoms with E-state index in [0.717, 1.165) is 39.2 Å². The van der Waals surface area contributed by atoms with Gasteiger partial charge in [0.25, 0.3) is 0 Å². The lowest BCUT2D eigenvalue weighted by Gasteiger charge is -2.22. The summed E-state index contributed by atoms with van der Waals surface area (Å²) in [7, 11) is 1.75. The summed E-state index contributed by atoms with van der Waals surface area (Å²) in [5.41, 5.74) is 9.62. The van der Waals surface area contributed by atoms with Gasteiger partial charge < -0.3 is 10.5 Å². The lowest BCUT2D eigenvalue weighted by Crippen LogP contribution is -2.29. The van der Waals surface area contributed by atoms with Crippen molar-refractivity contribution in [1.29, 1.82) is 0 Å². The van der Waals surface area contributed by atoms with Crippen molar-refractivity contribution in [2.75, 3.05) is 33.4 Å². The van der Waals surface area contributed by atoms with E-state index >= 15 is 0 Å². The molecule has 0 aliphatic heterocycles. The Balaban J connectivity index is 2.62. The molecule has 3 heteroatoms. The third-order valence-corrected chi connectivity index (χ3v) is 2.98. The molecule has 0 heterocycles. The molecule has 0 fully saturated rings. The van der Waals surface area contributed by atoms with Crippen molar-refractivity contribution in [2.45, 2.75) is 26.8 Å². The third kappa shape index (κ3) is 5.63. The van der Waals surface area contributed by atoms with E-state index in [1.54, 1.807) is 7.11 Å². The Kier molecular flexibility index (Phi) is 6.94. The summed E-state index contributed by atoms with van der Waals surface area (Å²) in [6, 6.07) is 6.73. The average Bonchev–Trinajstić information content (AvgIpc) is 2.31. The summed E-state index contributed by atoms with van der Waals surface area (Å²) >= 11 is 0. The molecule has 18 heavy (non-hydrogen) atoms. The molecular formula is C15H26N2O. The van der Waals surface area contributed by atoms with Crippen LogP contribution in [0, 0.1) is 13.8 Å². The first-order valence-corrected chi connectivity index (χ1v) is 6.64. The van der Waals surface area contributed by atoms with E-state index in [0.29, 0.717) is 0 Å². The normalized spacial score (nSPS) is 11.2. The van der Waals surface area contributed by atoms with Gasteiger partial charge in [0.2, 0.25) is 0 Å². The highest BCUT2D eigenvalue weighted by molar-refractivity contribution is 5.28. The highest BCUT2D eigenvalue weighted by atomic mass is 16.5. The fraction of sp³-hybridized carbons (Fsp3) is 0.600. The van der Waals surface area contributed by atoms with Crippen molar-refractivity contribution in [3.05, 3.63) is 34.9 Å². The highest BCUT2D eigenvalue weighted by Crippen LogP contribution is 2.11. The molecule has 0 spiro atoms. The number of benzene rings is 1. The smallest absolute Gasteiger partial charge is 0.0589 e. The number of nitrogens with two attached hydrogens (primary N) is 1. The molecule has 3 nitrogen and oxygen atoms in total. The molecule has 0 saturated heterocycles. The Morgan fingerprint density at radius 3 is 2.33 bits per heavy atom.